The summed E-state index contributed by atoms with van der Waals surface area (Å²) in [6.45, 7) is 6.71. The molecule has 6 nitrogen and oxygen atoms in total. The van der Waals surface area contributed by atoms with Gasteiger partial charge in [0.25, 0.3) is 0 Å². The standard InChI is InChI=1S/C12H22N4O2/c1-9(2)13-6-11-14-15-12(18-11)16-5-3-4-10(7-16)8-17/h9-10,13,17H,3-8H2,1-2H3. The molecule has 1 aromatic heterocycles. The second-order valence-electron chi connectivity index (χ2n) is 5.15. The van der Waals surface area contributed by atoms with Gasteiger partial charge < -0.3 is 19.7 Å². The highest BCUT2D eigenvalue weighted by atomic mass is 16.4. The maximum Gasteiger partial charge on any atom is 0.318 e. The molecular formula is C12H22N4O2. The van der Waals surface area contributed by atoms with Crippen molar-refractivity contribution in [2.75, 3.05) is 24.6 Å². The average Bonchev–Trinajstić information content (AvgIpc) is 2.85. The Balaban J connectivity index is 1.92. The van der Waals surface area contributed by atoms with Gasteiger partial charge in [-0.25, -0.2) is 0 Å². The Morgan fingerprint density at radius 2 is 2.33 bits per heavy atom. The van der Waals surface area contributed by atoms with E-state index in [1.54, 1.807) is 0 Å². The summed E-state index contributed by atoms with van der Waals surface area (Å²) in [5.41, 5.74) is 0. The summed E-state index contributed by atoms with van der Waals surface area (Å²) in [6, 6.07) is 0.975. The normalized spacial score (nSPS) is 20.7. The number of nitrogens with one attached hydrogen (secondary N) is 1. The van der Waals surface area contributed by atoms with Gasteiger partial charge in [0.1, 0.15) is 0 Å². The number of aliphatic hydroxyl groups is 1. The van der Waals surface area contributed by atoms with Crippen molar-refractivity contribution in [3.8, 4) is 0 Å². The molecule has 1 atom stereocenters. The topological polar surface area (TPSA) is 74.4 Å². The van der Waals surface area contributed by atoms with Crippen molar-refractivity contribution in [3.05, 3.63) is 5.89 Å². The van der Waals surface area contributed by atoms with Gasteiger partial charge in [-0.05, 0) is 18.8 Å². The van der Waals surface area contributed by atoms with Crippen LogP contribution in [0, 0.1) is 5.92 Å². The largest absolute Gasteiger partial charge is 0.407 e. The zero-order chi connectivity index (χ0) is 13.0. The second-order valence-corrected chi connectivity index (χ2v) is 5.15. The predicted molar refractivity (Wildman–Crippen MR) is 68.3 cm³/mol. The molecule has 6 heteroatoms. The molecule has 1 aliphatic rings. The van der Waals surface area contributed by atoms with Crippen molar-refractivity contribution < 1.29 is 9.52 Å². The third-order valence-corrected chi connectivity index (χ3v) is 3.17. The number of hydrogen-bond donors (Lipinski definition) is 2. The fourth-order valence-electron chi connectivity index (χ4n) is 2.12. The van der Waals surface area contributed by atoms with E-state index in [0.29, 0.717) is 30.4 Å². The number of aliphatic hydroxyl groups excluding tert-OH is 1. The van der Waals surface area contributed by atoms with E-state index < -0.39 is 0 Å². The van der Waals surface area contributed by atoms with Crippen LogP contribution in [0.2, 0.25) is 0 Å². The summed E-state index contributed by atoms with van der Waals surface area (Å²) in [4.78, 5) is 2.07. The van der Waals surface area contributed by atoms with Crippen molar-refractivity contribution in [1.82, 2.24) is 15.5 Å². The molecule has 0 radical (unpaired) electrons. The Morgan fingerprint density at radius 1 is 1.50 bits per heavy atom. The molecule has 18 heavy (non-hydrogen) atoms. The van der Waals surface area contributed by atoms with Crippen molar-refractivity contribution >= 4 is 6.01 Å². The minimum atomic E-state index is 0.229. The molecule has 1 saturated heterocycles. The van der Waals surface area contributed by atoms with E-state index >= 15 is 0 Å². The average molecular weight is 254 g/mol. The van der Waals surface area contributed by atoms with Gasteiger partial charge in [-0.15, -0.1) is 5.10 Å². The van der Waals surface area contributed by atoms with Crippen LogP contribution in [0.5, 0.6) is 0 Å². The maximum atomic E-state index is 9.20. The van der Waals surface area contributed by atoms with Crippen LogP contribution in [0.25, 0.3) is 0 Å². The van der Waals surface area contributed by atoms with Crippen LogP contribution in [0.3, 0.4) is 0 Å². The number of piperidine rings is 1. The molecule has 2 rings (SSSR count). The SMILES string of the molecule is CC(C)NCc1nnc(N2CCCC(CO)C2)o1. The highest BCUT2D eigenvalue weighted by Crippen LogP contribution is 2.21. The van der Waals surface area contributed by atoms with E-state index in [1.807, 2.05) is 0 Å². The Bertz CT molecular complexity index is 367. The molecule has 1 unspecified atom stereocenters. The van der Waals surface area contributed by atoms with E-state index in [0.717, 1.165) is 25.9 Å². The molecule has 1 fully saturated rings. The van der Waals surface area contributed by atoms with Gasteiger partial charge in [-0.3, -0.25) is 0 Å². The van der Waals surface area contributed by atoms with Crippen molar-refractivity contribution in [1.29, 1.82) is 0 Å². The molecule has 102 valence electrons. The Labute approximate surface area is 107 Å². The summed E-state index contributed by atoms with van der Waals surface area (Å²) >= 11 is 0. The lowest BCUT2D eigenvalue weighted by Gasteiger charge is -2.30. The minimum absolute atomic E-state index is 0.229. The molecular weight excluding hydrogens is 232 g/mol. The van der Waals surface area contributed by atoms with E-state index in [1.165, 1.54) is 0 Å². The van der Waals surface area contributed by atoms with Crippen LogP contribution in [0.15, 0.2) is 4.42 Å². The van der Waals surface area contributed by atoms with E-state index in [2.05, 4.69) is 34.3 Å². The first-order chi connectivity index (χ1) is 8.69. The van der Waals surface area contributed by atoms with E-state index in [-0.39, 0.29) is 6.61 Å². The Kier molecular flexibility index (Phi) is 4.54. The summed E-state index contributed by atoms with van der Waals surface area (Å²) in [5.74, 6) is 0.938. The maximum absolute atomic E-state index is 9.20. The first-order valence-corrected chi connectivity index (χ1v) is 6.60. The molecule has 1 aromatic rings. The second kappa shape index (κ2) is 6.15. The zero-order valence-electron chi connectivity index (χ0n) is 11.1. The predicted octanol–water partition coefficient (Wildman–Crippen LogP) is 0.776. The van der Waals surface area contributed by atoms with Gasteiger partial charge >= 0.3 is 6.01 Å². The van der Waals surface area contributed by atoms with Gasteiger partial charge in [0.2, 0.25) is 5.89 Å². The highest BCUT2D eigenvalue weighted by Gasteiger charge is 2.23. The lowest BCUT2D eigenvalue weighted by molar-refractivity contribution is 0.206. The summed E-state index contributed by atoms with van der Waals surface area (Å²) < 4.78 is 5.63. The Hall–Kier alpha value is -1.14. The van der Waals surface area contributed by atoms with Crippen LogP contribution >= 0.6 is 0 Å². The fourth-order valence-corrected chi connectivity index (χ4v) is 2.12. The minimum Gasteiger partial charge on any atom is -0.407 e. The molecule has 2 N–H and O–H groups in total. The van der Waals surface area contributed by atoms with Gasteiger partial charge in [0.15, 0.2) is 0 Å². The first kappa shape index (κ1) is 13.3. The molecule has 0 bridgehead atoms. The molecule has 0 saturated carbocycles. The lowest BCUT2D eigenvalue weighted by atomic mass is 10.00. The molecule has 1 aliphatic heterocycles. The van der Waals surface area contributed by atoms with Crippen LogP contribution in [0.4, 0.5) is 6.01 Å². The molecule has 0 spiro atoms. The van der Waals surface area contributed by atoms with E-state index in [4.69, 9.17) is 4.42 Å². The van der Waals surface area contributed by atoms with Crippen LogP contribution in [-0.2, 0) is 6.54 Å². The fraction of sp³-hybridized carbons (Fsp3) is 0.833. The zero-order valence-corrected chi connectivity index (χ0v) is 11.1. The van der Waals surface area contributed by atoms with Crippen LogP contribution in [0.1, 0.15) is 32.6 Å². The number of rotatable bonds is 5. The van der Waals surface area contributed by atoms with Crippen molar-refractivity contribution in [2.24, 2.45) is 5.92 Å². The number of hydrogen-bond acceptors (Lipinski definition) is 6. The number of anilines is 1. The summed E-state index contributed by atoms with van der Waals surface area (Å²) in [5, 5.41) is 20.6. The molecule has 0 aliphatic carbocycles. The third-order valence-electron chi connectivity index (χ3n) is 3.17. The highest BCUT2D eigenvalue weighted by molar-refractivity contribution is 5.25. The third kappa shape index (κ3) is 3.43. The van der Waals surface area contributed by atoms with Gasteiger partial charge in [-0.2, -0.15) is 0 Å². The van der Waals surface area contributed by atoms with Gasteiger partial charge in [0.05, 0.1) is 6.54 Å². The lowest BCUT2D eigenvalue weighted by Crippen LogP contribution is -2.37. The number of aromatic nitrogens is 2. The van der Waals surface area contributed by atoms with E-state index in [9.17, 15) is 5.11 Å². The Morgan fingerprint density at radius 3 is 3.06 bits per heavy atom. The molecule has 2 heterocycles. The number of nitrogens with zero attached hydrogens (tertiary/aromatic N) is 3. The van der Waals surface area contributed by atoms with Gasteiger partial charge in [0, 0.05) is 25.7 Å². The summed E-state index contributed by atoms with van der Waals surface area (Å²) in [7, 11) is 0. The molecule has 0 amide bonds. The van der Waals surface area contributed by atoms with Gasteiger partial charge in [-0.1, -0.05) is 18.9 Å². The van der Waals surface area contributed by atoms with Crippen molar-refractivity contribution in [2.45, 2.75) is 39.3 Å². The molecule has 0 aromatic carbocycles. The van der Waals surface area contributed by atoms with Crippen LogP contribution in [-0.4, -0.2) is 41.0 Å². The quantitative estimate of drug-likeness (QED) is 0.808. The van der Waals surface area contributed by atoms with Crippen molar-refractivity contribution in [3.63, 3.8) is 0 Å². The smallest absolute Gasteiger partial charge is 0.318 e. The summed E-state index contributed by atoms with van der Waals surface area (Å²) in [6.07, 6.45) is 2.14. The monoisotopic (exact) mass is 254 g/mol. The van der Waals surface area contributed by atoms with Crippen LogP contribution < -0.4 is 10.2 Å². The first-order valence-electron chi connectivity index (χ1n) is 6.60.